The highest BCUT2D eigenvalue weighted by atomic mass is 16.8. The van der Waals surface area contributed by atoms with Crippen LogP contribution in [0.25, 0.3) is 0 Å². The lowest BCUT2D eigenvalue weighted by Crippen LogP contribution is -2.66. The van der Waals surface area contributed by atoms with Crippen molar-refractivity contribution in [1.82, 2.24) is 5.32 Å². The van der Waals surface area contributed by atoms with Crippen LogP contribution in [-0.2, 0) is 33.2 Å². The van der Waals surface area contributed by atoms with Crippen molar-refractivity contribution in [2.45, 2.75) is 478 Å². The molecular weight excluding hydrogens is 1430 g/mol. The molecule has 0 spiro atoms. The summed E-state index contributed by atoms with van der Waals surface area (Å²) in [6.45, 7) is 1.74. The maximum Gasteiger partial charge on any atom is 0.220 e. The second kappa shape index (κ2) is 72.9. The van der Waals surface area contributed by atoms with Crippen molar-refractivity contribution >= 4 is 5.91 Å². The summed E-state index contributed by atoms with van der Waals surface area (Å²) in [5.41, 5.74) is 0. The molecule has 3 aliphatic rings. The van der Waals surface area contributed by atoms with Gasteiger partial charge in [0.1, 0.15) is 73.2 Å². The van der Waals surface area contributed by atoms with E-state index in [1.165, 1.54) is 244 Å². The summed E-state index contributed by atoms with van der Waals surface area (Å²) in [7, 11) is 0. The van der Waals surface area contributed by atoms with E-state index in [-0.39, 0.29) is 18.9 Å². The molecule has 3 heterocycles. The van der Waals surface area contributed by atoms with Crippen LogP contribution >= 0.6 is 0 Å². The number of hydrogen-bond donors (Lipinski definition) is 12. The topological polar surface area (TPSA) is 307 Å². The van der Waals surface area contributed by atoms with Gasteiger partial charge in [-0.1, -0.05) is 381 Å². The fourth-order valence-corrected chi connectivity index (χ4v) is 15.4. The molecule has 0 aromatic carbocycles. The molecule has 0 aliphatic carbocycles. The zero-order chi connectivity index (χ0) is 81.7. The number of unbranched alkanes of at least 4 members (excludes halogenated alkanes) is 45. The zero-order valence-electron chi connectivity index (χ0n) is 71.1. The molecule has 17 atom stereocenters. The minimum absolute atomic E-state index is 0.241. The van der Waals surface area contributed by atoms with E-state index in [1.54, 1.807) is 0 Å². The minimum atomic E-state index is -1.98. The summed E-state index contributed by atoms with van der Waals surface area (Å²) < 4.78 is 34.6. The second-order valence-corrected chi connectivity index (χ2v) is 32.7. The number of aliphatic hydroxyl groups excluding tert-OH is 11. The Labute approximate surface area is 686 Å². The molecule has 0 radical (unpaired) electrons. The quantitative estimate of drug-likeness (QED) is 0.0199. The van der Waals surface area contributed by atoms with Crippen LogP contribution in [0.3, 0.4) is 0 Å². The molecule has 0 saturated carbocycles. The Morgan fingerprint density at radius 2 is 0.611 bits per heavy atom. The highest BCUT2D eigenvalue weighted by molar-refractivity contribution is 5.76. The van der Waals surface area contributed by atoms with E-state index in [1.807, 2.05) is 0 Å². The Kier molecular flexibility index (Phi) is 67.2. The number of amides is 1. The Hall–Kier alpha value is -3.03. The molecule has 17 unspecified atom stereocenters. The lowest BCUT2D eigenvalue weighted by Gasteiger charge is -2.48. The molecule has 113 heavy (non-hydrogen) atoms. The van der Waals surface area contributed by atoms with Crippen molar-refractivity contribution in [3.63, 3.8) is 0 Å². The molecule has 19 heteroatoms. The van der Waals surface area contributed by atoms with Crippen molar-refractivity contribution in [2.75, 3.05) is 26.4 Å². The molecule has 3 rings (SSSR count). The molecule has 658 valence electrons. The molecule has 19 nitrogen and oxygen atoms in total. The molecule has 0 bridgehead atoms. The number of aliphatic hydroxyl groups is 11. The van der Waals surface area contributed by atoms with Crippen LogP contribution in [0, 0.1) is 0 Å². The van der Waals surface area contributed by atoms with E-state index in [2.05, 4.69) is 104 Å². The van der Waals surface area contributed by atoms with Crippen LogP contribution < -0.4 is 5.32 Å². The molecule has 12 N–H and O–H groups in total. The van der Waals surface area contributed by atoms with Crippen molar-refractivity contribution in [1.29, 1.82) is 0 Å². The fraction of sp³-hybridized carbons (Fsp3) is 0.840. The van der Waals surface area contributed by atoms with Gasteiger partial charge in [-0.2, -0.15) is 0 Å². The Morgan fingerprint density at radius 3 is 0.956 bits per heavy atom. The lowest BCUT2D eigenvalue weighted by molar-refractivity contribution is -0.379. The number of carbonyl (C=O) groups is 1. The summed E-state index contributed by atoms with van der Waals surface area (Å²) in [4.78, 5) is 13.6. The third-order valence-corrected chi connectivity index (χ3v) is 22.7. The van der Waals surface area contributed by atoms with Crippen molar-refractivity contribution in [3.05, 3.63) is 85.1 Å². The Bertz CT molecular complexity index is 2370. The van der Waals surface area contributed by atoms with Gasteiger partial charge in [0.25, 0.3) is 0 Å². The van der Waals surface area contributed by atoms with Crippen molar-refractivity contribution < 1.29 is 89.4 Å². The van der Waals surface area contributed by atoms with Crippen LogP contribution in [0.4, 0.5) is 0 Å². The van der Waals surface area contributed by atoms with E-state index >= 15 is 0 Å². The van der Waals surface area contributed by atoms with E-state index in [0.29, 0.717) is 12.8 Å². The van der Waals surface area contributed by atoms with Gasteiger partial charge >= 0.3 is 0 Å². The van der Waals surface area contributed by atoms with E-state index in [9.17, 15) is 61.0 Å². The minimum Gasteiger partial charge on any atom is -0.394 e. The number of rotatable bonds is 75. The maximum absolute atomic E-state index is 13.6. The number of hydrogen-bond acceptors (Lipinski definition) is 18. The van der Waals surface area contributed by atoms with Gasteiger partial charge in [-0.25, -0.2) is 0 Å². The van der Waals surface area contributed by atoms with Gasteiger partial charge < -0.3 is 89.9 Å². The first-order valence-electron chi connectivity index (χ1n) is 46.3. The third-order valence-electron chi connectivity index (χ3n) is 22.7. The summed E-state index contributed by atoms with van der Waals surface area (Å²) in [6, 6.07) is -0.895. The van der Waals surface area contributed by atoms with Gasteiger partial charge in [0.15, 0.2) is 18.9 Å². The normalized spacial score (nSPS) is 25.2. The Balaban J connectivity index is 1.32. The number of ether oxygens (including phenoxy) is 6. The number of allylic oxidation sites excluding steroid dienone is 14. The van der Waals surface area contributed by atoms with Gasteiger partial charge in [-0.05, 0) is 70.6 Å². The summed E-state index contributed by atoms with van der Waals surface area (Å²) >= 11 is 0. The third kappa shape index (κ3) is 51.3. The second-order valence-electron chi connectivity index (χ2n) is 32.7. The molecule has 3 aliphatic heterocycles. The van der Waals surface area contributed by atoms with Crippen LogP contribution in [-0.4, -0.2) is 193 Å². The molecule has 0 aromatic heterocycles. The average Bonchev–Trinajstić information content (AvgIpc) is 0.780. The summed E-state index contributed by atoms with van der Waals surface area (Å²) in [5.74, 6) is -0.241. The molecule has 3 saturated heterocycles. The van der Waals surface area contributed by atoms with E-state index in [0.717, 1.165) is 96.3 Å². The van der Waals surface area contributed by atoms with E-state index in [4.69, 9.17) is 28.4 Å². The summed E-state index contributed by atoms with van der Waals surface area (Å²) in [5, 5.41) is 121. The smallest absolute Gasteiger partial charge is 0.220 e. The monoisotopic (exact) mass is 1600 g/mol. The SMILES string of the molecule is CC/C=C\C/C=C\C/C=C\C/C=C\C/C=C\C/C=C\C/C=C\CCCCCCCCCCCCCCCC(=O)NC(COC1OC(CO)C(OC2OC(CO)C(OC3OC(CO)C(O)C(O)C3O)C(O)C2O)C(O)C1O)C(O)CCCCCCCCCCCCCCCCCCCCCCCCCCCCCCCCCCC. The zero-order valence-corrected chi connectivity index (χ0v) is 71.1. The van der Waals surface area contributed by atoms with Crippen LogP contribution in [0.5, 0.6) is 0 Å². The highest BCUT2D eigenvalue weighted by Crippen LogP contribution is 2.34. The van der Waals surface area contributed by atoms with Crippen LogP contribution in [0.2, 0.25) is 0 Å². The van der Waals surface area contributed by atoms with Crippen LogP contribution in [0.15, 0.2) is 85.1 Å². The van der Waals surface area contributed by atoms with Crippen molar-refractivity contribution in [2.24, 2.45) is 0 Å². The molecule has 3 fully saturated rings. The number of nitrogens with one attached hydrogen (secondary N) is 1. The molecule has 1 amide bonds. The lowest BCUT2D eigenvalue weighted by atomic mass is 9.96. The van der Waals surface area contributed by atoms with Gasteiger partial charge in [0.05, 0.1) is 38.6 Å². The van der Waals surface area contributed by atoms with Gasteiger partial charge in [0.2, 0.25) is 5.91 Å². The number of carbonyl (C=O) groups excluding carboxylic acids is 1. The largest absolute Gasteiger partial charge is 0.394 e. The predicted molar refractivity (Wildman–Crippen MR) is 457 cm³/mol. The standard InChI is InChI=1S/C94H169NO18/c1-3-5-7-9-11-13-15-17-19-21-23-25-27-29-31-33-35-37-38-40-42-44-46-48-50-52-54-56-58-60-62-64-66-68-70-72-82(100)95-77(78(99)71-69-67-65-63-61-59-57-55-53-51-49-47-45-43-41-39-36-34-32-30-28-26-24-22-20-18-16-14-12-10-8-6-4-2)76-108-92-88(106)85(103)90(80(74-97)110-92)113-94-89(107)86(104)91(81(75-98)111-94)112-93-87(105)84(102)83(101)79(73-96)109-93/h5,7,11,13,17,19,23,25,29,31,35,37,40,42,77-81,83-94,96-99,101-107H,3-4,6,8-10,12,14-16,18,20-22,24,26-28,30,32-34,36,38-39,41,43-76H2,1-2H3,(H,95,100)/b7-5-,13-11-,19-17-,25-23-,31-29-,37-35-,42-40-. The Morgan fingerprint density at radius 1 is 0.327 bits per heavy atom. The van der Waals surface area contributed by atoms with Crippen molar-refractivity contribution in [3.8, 4) is 0 Å². The van der Waals surface area contributed by atoms with Gasteiger partial charge in [-0.15, -0.1) is 0 Å². The molecule has 0 aromatic rings. The van der Waals surface area contributed by atoms with Gasteiger partial charge in [-0.3, -0.25) is 4.79 Å². The first kappa shape index (κ1) is 104. The van der Waals surface area contributed by atoms with Gasteiger partial charge in [0, 0.05) is 6.42 Å². The molecular formula is C94H169NO18. The van der Waals surface area contributed by atoms with E-state index < -0.39 is 124 Å². The summed E-state index contributed by atoms with van der Waals surface area (Å²) in [6.07, 6.45) is 72.6. The maximum atomic E-state index is 13.6. The first-order chi connectivity index (χ1) is 55.3. The first-order valence-corrected chi connectivity index (χ1v) is 46.3. The highest BCUT2D eigenvalue weighted by Gasteiger charge is 2.54. The predicted octanol–water partition coefficient (Wildman–Crippen LogP) is 18.1. The fourth-order valence-electron chi connectivity index (χ4n) is 15.4. The average molecular weight is 1600 g/mol. The van der Waals surface area contributed by atoms with Crippen LogP contribution in [0.1, 0.15) is 373 Å².